The molecule has 4 bridgehead atoms. The van der Waals surface area contributed by atoms with Crippen LogP contribution >= 0.6 is 0 Å². The van der Waals surface area contributed by atoms with Crippen molar-refractivity contribution in [2.75, 3.05) is 39.3 Å². The van der Waals surface area contributed by atoms with Crippen LogP contribution in [-0.4, -0.2) is 95.0 Å². The number of likely N-dealkylation sites (tertiary alicyclic amines) is 1. The van der Waals surface area contributed by atoms with Gasteiger partial charge in [-0.05, 0) is 105 Å². The molecule has 3 N–H and O–H groups in total. The summed E-state index contributed by atoms with van der Waals surface area (Å²) in [5.41, 5.74) is 8.30. The van der Waals surface area contributed by atoms with Crippen LogP contribution in [0, 0.1) is 34.5 Å². The van der Waals surface area contributed by atoms with Gasteiger partial charge in [0.15, 0.2) is 11.9 Å². The van der Waals surface area contributed by atoms with Crippen molar-refractivity contribution in [3.8, 4) is 0 Å². The van der Waals surface area contributed by atoms with E-state index >= 15 is 0 Å². The lowest BCUT2D eigenvalue weighted by Gasteiger charge is -2.58. The Kier molecular flexibility index (Phi) is 8.62. The minimum Gasteiger partial charge on any atom is -0.370 e. The van der Waals surface area contributed by atoms with Crippen LogP contribution in [-0.2, 0) is 6.42 Å². The second kappa shape index (κ2) is 12.5. The number of rotatable bonds is 12. The number of nitrogens with two attached hydrogens (primary N) is 1. The summed E-state index contributed by atoms with van der Waals surface area (Å²) >= 11 is 0. The van der Waals surface area contributed by atoms with Crippen molar-refractivity contribution in [1.29, 1.82) is 5.41 Å². The summed E-state index contributed by atoms with van der Waals surface area (Å²) in [5.74, 6) is 4.98. The summed E-state index contributed by atoms with van der Waals surface area (Å²) in [4.78, 5) is 15.0. The quantitative estimate of drug-likeness (QED) is 0.324. The van der Waals surface area contributed by atoms with Crippen LogP contribution in [0.25, 0.3) is 0 Å². The van der Waals surface area contributed by atoms with Crippen molar-refractivity contribution in [1.82, 2.24) is 19.6 Å². The van der Waals surface area contributed by atoms with E-state index in [4.69, 9.17) is 5.73 Å². The summed E-state index contributed by atoms with van der Waals surface area (Å²) in [6.07, 6.45) is 14.6. The predicted molar refractivity (Wildman–Crippen MR) is 181 cm³/mol. The third kappa shape index (κ3) is 5.99. The molecule has 4 aliphatic carbocycles. The number of hydrogen-bond acceptors (Lipinski definition) is 5. The molecule has 0 spiro atoms. The summed E-state index contributed by atoms with van der Waals surface area (Å²) < 4.78 is 0. The molecule has 242 valence electrons. The molecule has 4 atom stereocenters. The van der Waals surface area contributed by atoms with Crippen LogP contribution < -0.4 is 5.73 Å². The van der Waals surface area contributed by atoms with Crippen LogP contribution in [0.2, 0.25) is 0 Å². The van der Waals surface area contributed by atoms with Gasteiger partial charge in [0.1, 0.15) is 0 Å². The minimum atomic E-state index is 0.303. The van der Waals surface area contributed by atoms with E-state index in [0.717, 1.165) is 75.4 Å². The number of guanidine groups is 2. The summed E-state index contributed by atoms with van der Waals surface area (Å²) in [7, 11) is 0. The van der Waals surface area contributed by atoms with Crippen molar-refractivity contribution in [3.63, 3.8) is 0 Å². The average Bonchev–Trinajstić information content (AvgIpc) is 3.67. The number of nitrogens with one attached hydrogen (secondary N) is 1. The molecular formula is C37H59N7. The number of benzene rings is 1. The number of aliphatic imine (C=N–C) groups is 1. The minimum absolute atomic E-state index is 0.303. The fraction of sp³-hybridized carbons (Fsp3) is 0.784. The van der Waals surface area contributed by atoms with E-state index in [-0.39, 0.29) is 0 Å². The van der Waals surface area contributed by atoms with E-state index < -0.39 is 0 Å². The van der Waals surface area contributed by atoms with Gasteiger partial charge in [0, 0.05) is 44.3 Å². The molecule has 6 fully saturated rings. The van der Waals surface area contributed by atoms with Crippen molar-refractivity contribution >= 4 is 11.9 Å². The number of hydrogen-bond donors (Lipinski definition) is 2. The first-order valence-corrected chi connectivity index (χ1v) is 18.3. The highest BCUT2D eigenvalue weighted by molar-refractivity contribution is 5.80. The van der Waals surface area contributed by atoms with Crippen LogP contribution in [0.4, 0.5) is 0 Å². The largest absolute Gasteiger partial charge is 0.370 e. The van der Waals surface area contributed by atoms with Gasteiger partial charge in [-0.15, -0.1) is 0 Å². The Morgan fingerprint density at radius 3 is 2.36 bits per heavy atom. The molecule has 7 nitrogen and oxygen atoms in total. The molecular weight excluding hydrogens is 542 g/mol. The van der Waals surface area contributed by atoms with Crippen LogP contribution in [0.3, 0.4) is 0 Å². The molecule has 0 radical (unpaired) electrons. The van der Waals surface area contributed by atoms with E-state index in [1.165, 1.54) is 69.8 Å². The Morgan fingerprint density at radius 1 is 1.00 bits per heavy atom. The zero-order chi connectivity index (χ0) is 30.4. The van der Waals surface area contributed by atoms with Gasteiger partial charge in [-0.2, -0.15) is 0 Å². The fourth-order valence-electron chi connectivity index (χ4n) is 11.0. The van der Waals surface area contributed by atoms with E-state index in [2.05, 4.69) is 75.7 Å². The van der Waals surface area contributed by atoms with Crippen molar-refractivity contribution in [2.24, 2.45) is 39.8 Å². The predicted octanol–water partition coefficient (Wildman–Crippen LogP) is 5.65. The molecule has 2 saturated heterocycles. The summed E-state index contributed by atoms with van der Waals surface area (Å²) in [5, 5.41) is 9.78. The van der Waals surface area contributed by atoms with Crippen LogP contribution in [0.5, 0.6) is 0 Å². The Labute approximate surface area is 267 Å². The topological polar surface area (TPSA) is 75.2 Å². The van der Waals surface area contributed by atoms with E-state index in [9.17, 15) is 5.41 Å². The van der Waals surface area contributed by atoms with Gasteiger partial charge in [0.2, 0.25) is 0 Å². The molecule has 1 aromatic rings. The van der Waals surface area contributed by atoms with Gasteiger partial charge in [-0.1, -0.05) is 57.5 Å². The van der Waals surface area contributed by atoms with Crippen LogP contribution in [0.15, 0.2) is 35.3 Å². The Morgan fingerprint density at radius 2 is 1.70 bits per heavy atom. The molecule has 3 heterocycles. The van der Waals surface area contributed by atoms with Gasteiger partial charge >= 0.3 is 0 Å². The van der Waals surface area contributed by atoms with Gasteiger partial charge in [-0.25, -0.2) is 0 Å². The summed E-state index contributed by atoms with van der Waals surface area (Å²) in [6, 6.07) is 12.8. The molecule has 3 aliphatic heterocycles. The van der Waals surface area contributed by atoms with Gasteiger partial charge in [-0.3, -0.25) is 15.3 Å². The standard InChI is InChI=1S/C37H59N7/c1-4-9-32-24-42(36(39)44(32)25-37-18-28-14-29(19-37)16-30(15-28)20-37)33(17-27-10-6-5-7-11-27)22-41-13-8-12-31(41)23-43-34(26(2)3)21-40-35(43)38/h5-7,10-11,26,28-34,39H,4,8-9,12-25H2,1-3H3,(H2,38,40)/t28?,29?,30?,31-,32+,33+,34-,37?/m0/s1. The van der Waals surface area contributed by atoms with Crippen molar-refractivity contribution in [3.05, 3.63) is 35.9 Å². The normalized spacial score (nSPS) is 35.9. The molecule has 1 aromatic carbocycles. The van der Waals surface area contributed by atoms with Crippen LogP contribution in [0.1, 0.15) is 90.5 Å². The van der Waals surface area contributed by atoms with Crippen molar-refractivity contribution < 1.29 is 0 Å². The first-order valence-electron chi connectivity index (χ1n) is 18.3. The zero-order valence-corrected chi connectivity index (χ0v) is 27.8. The van der Waals surface area contributed by atoms with Gasteiger partial charge < -0.3 is 20.4 Å². The molecule has 44 heavy (non-hydrogen) atoms. The van der Waals surface area contributed by atoms with E-state index in [0.29, 0.717) is 35.5 Å². The second-order valence-corrected chi connectivity index (χ2v) is 16.3. The Balaban J connectivity index is 1.11. The molecule has 7 aliphatic rings. The highest BCUT2D eigenvalue weighted by atomic mass is 15.5. The monoisotopic (exact) mass is 601 g/mol. The third-order valence-electron chi connectivity index (χ3n) is 12.7. The van der Waals surface area contributed by atoms with Gasteiger partial charge in [0.05, 0.1) is 12.6 Å². The van der Waals surface area contributed by atoms with E-state index in [1.807, 2.05) is 0 Å². The number of nitrogens with zero attached hydrogens (tertiary/aromatic N) is 5. The highest BCUT2D eigenvalue weighted by Crippen LogP contribution is 2.60. The fourth-order valence-corrected chi connectivity index (χ4v) is 11.0. The third-order valence-corrected chi connectivity index (χ3v) is 12.7. The average molecular weight is 602 g/mol. The van der Waals surface area contributed by atoms with Gasteiger partial charge in [0.25, 0.3) is 0 Å². The maximum atomic E-state index is 9.78. The maximum absolute atomic E-state index is 9.78. The Hall–Kier alpha value is -2.28. The molecule has 7 heteroatoms. The molecule has 4 saturated carbocycles. The second-order valence-electron chi connectivity index (χ2n) is 16.3. The molecule has 0 amide bonds. The highest BCUT2D eigenvalue weighted by Gasteiger charge is 2.53. The Bertz CT molecular complexity index is 1140. The molecule has 0 unspecified atom stereocenters. The maximum Gasteiger partial charge on any atom is 0.194 e. The first-order chi connectivity index (χ1) is 21.3. The van der Waals surface area contributed by atoms with Crippen molar-refractivity contribution in [2.45, 2.75) is 116 Å². The van der Waals surface area contributed by atoms with E-state index in [1.54, 1.807) is 0 Å². The lowest BCUT2D eigenvalue weighted by molar-refractivity contribution is -0.0638. The molecule has 8 rings (SSSR count). The SMILES string of the molecule is CCC[C@@H]1CN([C@H](Cc2ccccc2)CN2CCC[C@H]2CN2C(N)=NC[C@H]2C(C)C)C(=N)N1CC12CC3CC(CC(C3)C1)C2. The smallest absolute Gasteiger partial charge is 0.194 e. The lowest BCUT2D eigenvalue weighted by Crippen LogP contribution is -2.54. The first kappa shape index (κ1) is 30.4. The lowest BCUT2D eigenvalue weighted by atomic mass is 9.49. The summed E-state index contributed by atoms with van der Waals surface area (Å²) in [6.45, 7) is 13.0. The molecule has 0 aromatic heterocycles. The zero-order valence-electron chi connectivity index (χ0n) is 27.8.